The lowest BCUT2D eigenvalue weighted by Gasteiger charge is -2.17. The minimum atomic E-state index is -1.64. The van der Waals surface area contributed by atoms with E-state index in [-0.39, 0.29) is 5.46 Å². The zero-order chi connectivity index (χ0) is 16.1. The van der Waals surface area contributed by atoms with E-state index in [2.05, 4.69) is 0 Å². The Hall–Kier alpha value is -1.89. The topological polar surface area (TPSA) is 88.4 Å². The number of hydrogen-bond acceptors (Lipinski definition) is 6. The van der Waals surface area contributed by atoms with Crippen LogP contribution < -0.4 is 19.6 Å². The standard InChI is InChI=1S/C14H17B2O6/c1-3-20-13-9-6-8-12(22-15-17)14(21-4-2)10(9)5-7-11(13)16(18)19/h5-8,17-19H,3-4H2,1-2H3. The number of fused-ring (bicyclic) bond motifs is 1. The van der Waals surface area contributed by atoms with Crippen molar-refractivity contribution in [2.45, 2.75) is 13.8 Å². The van der Waals surface area contributed by atoms with Crippen LogP contribution in [0.3, 0.4) is 0 Å². The predicted octanol–water partition coefficient (Wildman–Crippen LogP) is 0.222. The number of hydrogen-bond donors (Lipinski definition) is 3. The van der Waals surface area contributed by atoms with Gasteiger partial charge in [-0.25, -0.2) is 0 Å². The molecule has 115 valence electrons. The van der Waals surface area contributed by atoms with Gasteiger partial charge in [-0.15, -0.1) is 0 Å². The van der Waals surface area contributed by atoms with E-state index in [9.17, 15) is 10.0 Å². The average molecular weight is 303 g/mol. The molecule has 0 fully saturated rings. The second-order valence-corrected chi connectivity index (χ2v) is 4.43. The molecule has 0 atom stereocenters. The van der Waals surface area contributed by atoms with Gasteiger partial charge in [0.15, 0.2) is 5.75 Å². The fraction of sp³-hybridized carbons (Fsp3) is 0.286. The summed E-state index contributed by atoms with van der Waals surface area (Å²) in [5.74, 6) is 1.19. The molecule has 6 nitrogen and oxygen atoms in total. The minimum Gasteiger partial charge on any atom is -0.535 e. The van der Waals surface area contributed by atoms with Gasteiger partial charge in [-0.1, -0.05) is 12.1 Å². The van der Waals surface area contributed by atoms with E-state index in [1.165, 1.54) is 0 Å². The van der Waals surface area contributed by atoms with Crippen molar-refractivity contribution in [1.29, 1.82) is 0 Å². The highest BCUT2D eigenvalue weighted by Gasteiger charge is 2.22. The largest absolute Gasteiger partial charge is 0.569 e. The quantitative estimate of drug-likeness (QED) is 0.634. The summed E-state index contributed by atoms with van der Waals surface area (Å²) in [6.07, 6.45) is 0. The molecule has 0 aliphatic carbocycles. The van der Waals surface area contributed by atoms with Crippen LogP contribution in [0, 0.1) is 0 Å². The van der Waals surface area contributed by atoms with Crippen molar-refractivity contribution in [3.63, 3.8) is 0 Å². The highest BCUT2D eigenvalue weighted by molar-refractivity contribution is 6.60. The summed E-state index contributed by atoms with van der Waals surface area (Å²) >= 11 is 0. The molecular formula is C14H17B2O6. The van der Waals surface area contributed by atoms with Gasteiger partial charge in [-0.2, -0.15) is 0 Å². The molecule has 2 aromatic carbocycles. The van der Waals surface area contributed by atoms with Gasteiger partial charge < -0.3 is 29.2 Å². The van der Waals surface area contributed by atoms with Crippen LogP contribution in [0.2, 0.25) is 0 Å². The molecule has 0 aliphatic heterocycles. The molecule has 0 unspecified atom stereocenters. The Labute approximate surface area is 129 Å². The number of rotatable bonds is 7. The van der Waals surface area contributed by atoms with Gasteiger partial charge in [0.2, 0.25) is 0 Å². The van der Waals surface area contributed by atoms with Crippen molar-refractivity contribution in [2.75, 3.05) is 13.2 Å². The van der Waals surface area contributed by atoms with Gasteiger partial charge in [0.05, 0.1) is 13.2 Å². The third-order valence-corrected chi connectivity index (χ3v) is 3.13. The second-order valence-electron chi connectivity index (χ2n) is 4.43. The fourth-order valence-corrected chi connectivity index (χ4v) is 2.30. The van der Waals surface area contributed by atoms with Gasteiger partial charge in [-0.3, -0.25) is 0 Å². The molecule has 0 saturated heterocycles. The highest BCUT2D eigenvalue weighted by atomic mass is 16.5. The molecule has 2 rings (SSSR count). The maximum absolute atomic E-state index is 9.48. The number of ether oxygens (including phenoxy) is 2. The first-order valence-corrected chi connectivity index (χ1v) is 6.97. The Bertz CT molecular complexity index is 647. The molecule has 0 heterocycles. The Kier molecular flexibility index (Phi) is 5.54. The zero-order valence-electron chi connectivity index (χ0n) is 12.4. The third kappa shape index (κ3) is 3.14. The Balaban J connectivity index is 2.71. The molecule has 1 radical (unpaired) electrons. The molecule has 0 amide bonds. The Morgan fingerprint density at radius 1 is 0.955 bits per heavy atom. The molecular weight excluding hydrogens is 286 g/mol. The smallest absolute Gasteiger partial charge is 0.535 e. The van der Waals surface area contributed by atoms with E-state index >= 15 is 0 Å². The monoisotopic (exact) mass is 303 g/mol. The summed E-state index contributed by atoms with van der Waals surface area (Å²) in [6, 6.07) is 6.60. The molecule has 0 bridgehead atoms. The molecule has 22 heavy (non-hydrogen) atoms. The van der Waals surface area contributed by atoms with E-state index in [1.54, 1.807) is 24.3 Å². The first-order chi connectivity index (χ1) is 10.6. The van der Waals surface area contributed by atoms with E-state index in [0.717, 1.165) is 0 Å². The van der Waals surface area contributed by atoms with Crippen molar-refractivity contribution in [3.05, 3.63) is 24.3 Å². The minimum absolute atomic E-state index is 0.277. The molecule has 0 aliphatic rings. The van der Waals surface area contributed by atoms with Crippen molar-refractivity contribution in [2.24, 2.45) is 0 Å². The van der Waals surface area contributed by atoms with Crippen molar-refractivity contribution in [3.8, 4) is 17.2 Å². The Morgan fingerprint density at radius 3 is 2.14 bits per heavy atom. The molecule has 8 heteroatoms. The van der Waals surface area contributed by atoms with Crippen molar-refractivity contribution >= 4 is 31.0 Å². The maximum atomic E-state index is 9.48. The van der Waals surface area contributed by atoms with E-state index in [0.29, 0.717) is 48.9 Å². The summed E-state index contributed by atoms with van der Waals surface area (Å²) in [4.78, 5) is 0. The molecule has 0 spiro atoms. The lowest BCUT2D eigenvalue weighted by Crippen LogP contribution is -2.31. The van der Waals surface area contributed by atoms with Crippen LogP contribution in [-0.2, 0) is 0 Å². The summed E-state index contributed by atoms with van der Waals surface area (Å²) < 4.78 is 16.2. The summed E-state index contributed by atoms with van der Waals surface area (Å²) in [5, 5.41) is 29.2. The normalized spacial score (nSPS) is 10.4. The summed E-state index contributed by atoms with van der Waals surface area (Å²) in [6.45, 7) is 4.44. The lowest BCUT2D eigenvalue weighted by molar-refractivity contribution is 0.327. The molecule has 3 N–H and O–H groups in total. The van der Waals surface area contributed by atoms with Crippen LogP contribution in [0.25, 0.3) is 10.8 Å². The fourth-order valence-electron chi connectivity index (χ4n) is 2.30. The SMILES string of the molecule is CCOc1c(O[B]O)ccc2c(OCC)c(B(O)O)ccc12. The molecule has 0 aromatic heterocycles. The van der Waals surface area contributed by atoms with Crippen molar-refractivity contribution < 1.29 is 29.2 Å². The van der Waals surface area contributed by atoms with E-state index in [4.69, 9.17) is 19.2 Å². The second kappa shape index (κ2) is 7.40. The van der Waals surface area contributed by atoms with Crippen molar-refractivity contribution in [1.82, 2.24) is 0 Å². The average Bonchev–Trinajstić information content (AvgIpc) is 2.50. The first-order valence-electron chi connectivity index (χ1n) is 6.97. The van der Waals surface area contributed by atoms with Crippen LogP contribution in [0.5, 0.6) is 17.2 Å². The predicted molar refractivity (Wildman–Crippen MR) is 84.7 cm³/mol. The third-order valence-electron chi connectivity index (χ3n) is 3.13. The highest BCUT2D eigenvalue weighted by Crippen LogP contribution is 2.38. The summed E-state index contributed by atoms with van der Waals surface area (Å²) in [7, 11) is -1.05. The lowest BCUT2D eigenvalue weighted by atomic mass is 9.78. The first kappa shape index (κ1) is 16.5. The van der Waals surface area contributed by atoms with Crippen LogP contribution >= 0.6 is 0 Å². The number of benzene rings is 2. The maximum Gasteiger partial charge on any atom is 0.569 e. The van der Waals surface area contributed by atoms with Gasteiger partial charge in [-0.05, 0) is 26.0 Å². The van der Waals surface area contributed by atoms with Gasteiger partial charge in [0.25, 0.3) is 0 Å². The van der Waals surface area contributed by atoms with Gasteiger partial charge in [0.1, 0.15) is 11.5 Å². The zero-order valence-corrected chi connectivity index (χ0v) is 12.4. The van der Waals surface area contributed by atoms with Crippen LogP contribution in [0.15, 0.2) is 24.3 Å². The van der Waals surface area contributed by atoms with E-state index < -0.39 is 7.12 Å². The Morgan fingerprint density at radius 2 is 1.55 bits per heavy atom. The van der Waals surface area contributed by atoms with Crippen LogP contribution in [-0.4, -0.2) is 43.1 Å². The van der Waals surface area contributed by atoms with Crippen LogP contribution in [0.1, 0.15) is 13.8 Å². The van der Waals surface area contributed by atoms with E-state index in [1.807, 2.05) is 13.8 Å². The summed E-state index contributed by atoms with van der Waals surface area (Å²) in [5.41, 5.74) is 0.277. The molecule has 0 saturated carbocycles. The van der Waals surface area contributed by atoms with Crippen LogP contribution in [0.4, 0.5) is 0 Å². The van der Waals surface area contributed by atoms with Gasteiger partial charge in [0, 0.05) is 16.2 Å². The molecule has 2 aromatic rings. The van der Waals surface area contributed by atoms with Gasteiger partial charge >= 0.3 is 14.8 Å².